The Morgan fingerprint density at radius 1 is 1.06 bits per heavy atom. The van der Waals surface area contributed by atoms with Crippen molar-refractivity contribution in [2.75, 3.05) is 4.90 Å². The average molecular weight is 472 g/mol. The smallest absolute Gasteiger partial charge is 0.227 e. The van der Waals surface area contributed by atoms with Gasteiger partial charge < -0.3 is 14.2 Å². The Labute approximate surface area is 208 Å². The van der Waals surface area contributed by atoms with Gasteiger partial charge in [-0.15, -0.1) is 0 Å². The number of furan rings is 1. The van der Waals surface area contributed by atoms with Crippen LogP contribution in [-0.4, -0.2) is 25.3 Å². The van der Waals surface area contributed by atoms with Gasteiger partial charge >= 0.3 is 0 Å². The highest BCUT2D eigenvalue weighted by Crippen LogP contribution is 2.49. The van der Waals surface area contributed by atoms with Gasteiger partial charge in [0.25, 0.3) is 0 Å². The van der Waals surface area contributed by atoms with Crippen LogP contribution in [0.5, 0.6) is 0 Å². The molecule has 4 aromatic rings. The summed E-state index contributed by atoms with van der Waals surface area (Å²) in [4.78, 5) is 9.62. The van der Waals surface area contributed by atoms with E-state index in [-0.39, 0.29) is 11.2 Å². The maximum Gasteiger partial charge on any atom is 0.227 e. The highest BCUT2D eigenvalue weighted by atomic mass is 16.3. The van der Waals surface area contributed by atoms with Crippen LogP contribution in [0.1, 0.15) is 63.6 Å². The Balaban J connectivity index is 1.73. The molecule has 0 fully saturated rings. The highest BCUT2D eigenvalue weighted by Gasteiger charge is 2.51. The van der Waals surface area contributed by atoms with Crippen molar-refractivity contribution in [3.8, 4) is 0 Å². The number of fused-ring (bicyclic) bond motifs is 3. The Kier molecular flexibility index (Phi) is 5.28. The third-order valence-electron chi connectivity index (χ3n) is 8.18. The average Bonchev–Trinajstić information content (AvgIpc) is 3.45. The van der Waals surface area contributed by atoms with E-state index in [9.17, 15) is 0 Å². The maximum atomic E-state index is 6.25. The molecule has 0 radical (unpaired) electrons. The van der Waals surface area contributed by atoms with Crippen molar-refractivity contribution >= 4 is 27.9 Å². The van der Waals surface area contributed by atoms with E-state index < -0.39 is 0 Å². The van der Waals surface area contributed by atoms with Crippen LogP contribution in [0.25, 0.3) is 22.1 Å². The van der Waals surface area contributed by atoms with E-state index in [1.54, 1.807) is 0 Å². The van der Waals surface area contributed by atoms with Crippen LogP contribution in [0, 0.1) is 26.7 Å². The molecule has 0 spiro atoms. The summed E-state index contributed by atoms with van der Waals surface area (Å²) in [7, 11) is 2.03. The normalized spacial score (nSPS) is 19.5. The van der Waals surface area contributed by atoms with E-state index in [0.29, 0.717) is 11.6 Å². The topological polar surface area (TPSA) is 50.3 Å². The maximum absolute atomic E-state index is 6.25. The summed E-state index contributed by atoms with van der Waals surface area (Å²) in [6.45, 7) is 17.9. The van der Waals surface area contributed by atoms with E-state index in [0.717, 1.165) is 40.0 Å². The Morgan fingerprint density at radius 3 is 2.46 bits per heavy atom. The molecule has 1 unspecified atom stereocenters. The number of rotatable bonds is 5. The number of nitrogens with zero attached hydrogens (tertiary/aromatic N) is 5. The van der Waals surface area contributed by atoms with Crippen molar-refractivity contribution in [2.24, 2.45) is 13.0 Å². The standard InChI is InChI=1S/C29H37N5O/c1-10-19(3)29(8)33(24-17-21(5)31-32(24)9)15-16-34(29)28(6,7)26-18(2)11-14-23-25(26)22-13-12-20(4)30-27(22)35-23/h11-17,19H,10H2,1-9H3/t19?,29-/m1/s1. The first-order valence-electron chi connectivity index (χ1n) is 12.6. The minimum atomic E-state index is -0.331. The molecule has 5 rings (SSSR count). The largest absolute Gasteiger partial charge is 0.438 e. The van der Waals surface area contributed by atoms with Crippen molar-refractivity contribution < 1.29 is 4.42 Å². The van der Waals surface area contributed by atoms with Crippen molar-refractivity contribution in [2.45, 2.75) is 73.0 Å². The zero-order chi connectivity index (χ0) is 25.3. The molecule has 0 aliphatic carbocycles. The predicted octanol–water partition coefficient (Wildman–Crippen LogP) is 6.93. The van der Waals surface area contributed by atoms with Gasteiger partial charge in [-0.25, -0.2) is 4.98 Å². The first-order valence-corrected chi connectivity index (χ1v) is 12.6. The van der Waals surface area contributed by atoms with Crippen molar-refractivity contribution in [1.29, 1.82) is 0 Å². The highest BCUT2D eigenvalue weighted by molar-refractivity contribution is 6.06. The van der Waals surface area contributed by atoms with Gasteiger partial charge in [-0.3, -0.25) is 4.68 Å². The molecule has 184 valence electrons. The van der Waals surface area contributed by atoms with Gasteiger partial charge in [-0.2, -0.15) is 5.10 Å². The van der Waals surface area contributed by atoms with E-state index in [1.165, 1.54) is 11.1 Å². The van der Waals surface area contributed by atoms with Crippen LogP contribution >= 0.6 is 0 Å². The third kappa shape index (κ3) is 3.29. The quantitative estimate of drug-likeness (QED) is 0.316. The van der Waals surface area contributed by atoms with Gasteiger partial charge in [0.15, 0.2) is 0 Å². The fourth-order valence-electron chi connectivity index (χ4n) is 6.15. The van der Waals surface area contributed by atoms with E-state index in [2.05, 4.69) is 111 Å². The lowest BCUT2D eigenvalue weighted by Gasteiger charge is -2.53. The lowest BCUT2D eigenvalue weighted by atomic mass is 9.81. The fraction of sp³-hybridized carbons (Fsp3) is 0.448. The fourth-order valence-corrected chi connectivity index (χ4v) is 6.15. The predicted molar refractivity (Wildman–Crippen MR) is 143 cm³/mol. The Hall–Kier alpha value is -3.28. The number of pyridine rings is 1. The van der Waals surface area contributed by atoms with Gasteiger partial charge in [-0.1, -0.05) is 19.9 Å². The summed E-state index contributed by atoms with van der Waals surface area (Å²) in [5, 5.41) is 6.88. The van der Waals surface area contributed by atoms with E-state index in [1.807, 2.05) is 18.7 Å². The van der Waals surface area contributed by atoms with Crippen molar-refractivity contribution in [1.82, 2.24) is 19.7 Å². The molecular formula is C29H37N5O. The van der Waals surface area contributed by atoms with Crippen molar-refractivity contribution in [3.63, 3.8) is 0 Å². The number of hydrogen-bond donors (Lipinski definition) is 0. The molecule has 1 aromatic carbocycles. The summed E-state index contributed by atoms with van der Waals surface area (Å²) >= 11 is 0. The zero-order valence-corrected chi connectivity index (χ0v) is 22.5. The number of hydrogen-bond acceptors (Lipinski definition) is 5. The molecular weight excluding hydrogens is 434 g/mol. The second-order valence-electron chi connectivity index (χ2n) is 10.8. The molecule has 3 aromatic heterocycles. The first-order chi connectivity index (χ1) is 16.5. The monoisotopic (exact) mass is 471 g/mol. The van der Waals surface area contributed by atoms with Crippen LogP contribution in [-0.2, 0) is 12.6 Å². The SMILES string of the molecule is CCC(C)[C@]1(C)N(c2cc(C)nn2C)C=CN1C(C)(C)c1c(C)ccc2oc3nc(C)ccc3c12. The third-order valence-corrected chi connectivity index (χ3v) is 8.18. The van der Waals surface area contributed by atoms with E-state index in [4.69, 9.17) is 4.42 Å². The van der Waals surface area contributed by atoms with Crippen LogP contribution in [0.2, 0.25) is 0 Å². The van der Waals surface area contributed by atoms with Gasteiger partial charge in [-0.05, 0) is 83.2 Å². The van der Waals surface area contributed by atoms with Crippen LogP contribution < -0.4 is 4.90 Å². The molecule has 0 saturated heterocycles. The molecule has 4 heterocycles. The molecule has 6 nitrogen and oxygen atoms in total. The minimum absolute atomic E-state index is 0.290. The molecule has 0 amide bonds. The Morgan fingerprint density at radius 2 is 1.80 bits per heavy atom. The minimum Gasteiger partial charge on any atom is -0.438 e. The van der Waals surface area contributed by atoms with Gasteiger partial charge in [0.05, 0.1) is 11.2 Å². The van der Waals surface area contributed by atoms with Gasteiger partial charge in [0, 0.05) is 42.0 Å². The lowest BCUT2D eigenvalue weighted by Crippen LogP contribution is -2.61. The zero-order valence-electron chi connectivity index (χ0n) is 22.5. The first kappa shape index (κ1) is 23.5. The summed E-state index contributed by atoms with van der Waals surface area (Å²) in [5.41, 5.74) is 5.48. The summed E-state index contributed by atoms with van der Waals surface area (Å²) in [6, 6.07) is 10.7. The van der Waals surface area contributed by atoms with Crippen LogP contribution in [0.15, 0.2) is 47.1 Å². The molecule has 1 aliphatic heterocycles. The Bertz CT molecular complexity index is 1460. The van der Waals surface area contributed by atoms with Crippen LogP contribution in [0.3, 0.4) is 0 Å². The molecule has 6 heteroatoms. The van der Waals surface area contributed by atoms with Gasteiger partial charge in [0.1, 0.15) is 17.1 Å². The number of anilines is 1. The lowest BCUT2D eigenvalue weighted by molar-refractivity contribution is 0.0312. The molecule has 0 saturated carbocycles. The summed E-state index contributed by atoms with van der Waals surface area (Å²) in [5.74, 6) is 1.49. The number of aromatic nitrogens is 3. The molecule has 1 aliphatic rings. The molecule has 2 atom stereocenters. The summed E-state index contributed by atoms with van der Waals surface area (Å²) < 4.78 is 8.23. The van der Waals surface area contributed by atoms with Crippen molar-refractivity contribution in [3.05, 3.63) is 65.2 Å². The van der Waals surface area contributed by atoms with Crippen LogP contribution in [0.4, 0.5) is 5.82 Å². The second-order valence-corrected chi connectivity index (χ2v) is 10.8. The summed E-state index contributed by atoms with van der Waals surface area (Å²) in [6.07, 6.45) is 5.54. The molecule has 35 heavy (non-hydrogen) atoms. The molecule has 0 bridgehead atoms. The number of benzene rings is 1. The van der Waals surface area contributed by atoms with E-state index >= 15 is 0 Å². The van der Waals surface area contributed by atoms with Gasteiger partial charge in [0.2, 0.25) is 5.71 Å². The molecule has 0 N–H and O–H groups in total. The second kappa shape index (κ2) is 7.87. The number of aryl methyl sites for hydroxylation is 4.